The number of likely N-dealkylation sites (N-methyl/N-ethyl adjacent to an activating group) is 1. The Labute approximate surface area is 117 Å². The van der Waals surface area contributed by atoms with Crippen LogP contribution in [-0.2, 0) is 6.54 Å². The van der Waals surface area contributed by atoms with E-state index in [-0.39, 0.29) is 0 Å². The monoisotopic (exact) mass is 283 g/mol. The molecule has 1 aromatic carbocycles. The molecule has 0 aliphatic carbocycles. The van der Waals surface area contributed by atoms with Crippen LogP contribution in [0.15, 0.2) is 18.2 Å². The summed E-state index contributed by atoms with van der Waals surface area (Å²) in [5.74, 6) is 0. The molecule has 18 heavy (non-hydrogen) atoms. The van der Waals surface area contributed by atoms with Gasteiger partial charge in [0.1, 0.15) is 0 Å². The molecular formula is C13H18ClN3S. The highest BCUT2D eigenvalue weighted by atomic mass is 35.5. The molecule has 1 aromatic heterocycles. The van der Waals surface area contributed by atoms with Gasteiger partial charge >= 0.3 is 0 Å². The van der Waals surface area contributed by atoms with Crippen molar-refractivity contribution in [3.8, 4) is 0 Å². The van der Waals surface area contributed by atoms with E-state index in [4.69, 9.17) is 23.8 Å². The lowest BCUT2D eigenvalue weighted by molar-refractivity contribution is 0.291. The number of nitrogens with one attached hydrogen (secondary N) is 1. The number of halogens is 1. The number of hydrogen-bond donors (Lipinski definition) is 1. The Hall–Kier alpha value is -0.840. The quantitative estimate of drug-likeness (QED) is 0.846. The van der Waals surface area contributed by atoms with Gasteiger partial charge in [0.15, 0.2) is 4.77 Å². The summed E-state index contributed by atoms with van der Waals surface area (Å²) in [7, 11) is 0. The molecule has 5 heteroatoms. The maximum atomic E-state index is 6.16. The zero-order chi connectivity index (χ0) is 13.1. The molecule has 2 aromatic rings. The number of para-hydroxylation sites is 1. The van der Waals surface area contributed by atoms with Crippen molar-refractivity contribution in [1.29, 1.82) is 0 Å². The lowest BCUT2D eigenvalue weighted by atomic mass is 10.3. The molecule has 0 unspecified atom stereocenters. The van der Waals surface area contributed by atoms with Crippen LogP contribution in [0.5, 0.6) is 0 Å². The summed E-state index contributed by atoms with van der Waals surface area (Å²) in [5, 5.41) is 0.722. The van der Waals surface area contributed by atoms with E-state index in [0.29, 0.717) is 0 Å². The largest absolute Gasteiger partial charge is 0.329 e. The number of fused-ring (bicyclic) bond motifs is 1. The van der Waals surface area contributed by atoms with Gasteiger partial charge in [0, 0.05) is 13.1 Å². The van der Waals surface area contributed by atoms with Crippen LogP contribution in [0.25, 0.3) is 11.0 Å². The summed E-state index contributed by atoms with van der Waals surface area (Å²) >= 11 is 11.5. The van der Waals surface area contributed by atoms with E-state index in [1.807, 2.05) is 12.1 Å². The van der Waals surface area contributed by atoms with Crippen LogP contribution in [-0.4, -0.2) is 34.1 Å². The number of H-pyrrole nitrogens is 1. The predicted molar refractivity (Wildman–Crippen MR) is 79.9 cm³/mol. The van der Waals surface area contributed by atoms with Crippen molar-refractivity contribution in [3.05, 3.63) is 28.0 Å². The van der Waals surface area contributed by atoms with Crippen molar-refractivity contribution < 1.29 is 0 Å². The molecule has 1 N–H and O–H groups in total. The first-order chi connectivity index (χ1) is 8.67. The Balaban J connectivity index is 2.31. The first-order valence-electron chi connectivity index (χ1n) is 6.26. The number of nitrogens with zero attached hydrogens (tertiary/aromatic N) is 2. The lowest BCUT2D eigenvalue weighted by Gasteiger charge is -2.18. The van der Waals surface area contributed by atoms with Gasteiger partial charge in [-0.25, -0.2) is 0 Å². The Bertz CT molecular complexity index is 583. The molecule has 0 aliphatic heterocycles. The molecule has 0 saturated heterocycles. The van der Waals surface area contributed by atoms with Crippen molar-refractivity contribution in [1.82, 2.24) is 14.5 Å². The molecule has 0 bridgehead atoms. The lowest BCUT2D eigenvalue weighted by Crippen LogP contribution is -2.27. The average molecular weight is 284 g/mol. The fourth-order valence-corrected chi connectivity index (χ4v) is 2.66. The van der Waals surface area contributed by atoms with E-state index in [2.05, 4.69) is 34.4 Å². The SMILES string of the molecule is CCN(CC)CCn1c(=S)[nH]c2c(Cl)cccc21. The molecule has 0 saturated carbocycles. The van der Waals surface area contributed by atoms with Gasteiger partial charge in [-0.3, -0.25) is 0 Å². The molecule has 2 rings (SSSR count). The molecular weight excluding hydrogens is 266 g/mol. The second kappa shape index (κ2) is 5.87. The van der Waals surface area contributed by atoms with Crippen LogP contribution < -0.4 is 0 Å². The number of benzene rings is 1. The van der Waals surface area contributed by atoms with Gasteiger partial charge in [-0.1, -0.05) is 31.5 Å². The van der Waals surface area contributed by atoms with Gasteiger partial charge < -0.3 is 14.5 Å². The maximum absolute atomic E-state index is 6.16. The Morgan fingerprint density at radius 3 is 2.72 bits per heavy atom. The minimum absolute atomic E-state index is 0.722. The van der Waals surface area contributed by atoms with E-state index in [1.54, 1.807) is 0 Å². The van der Waals surface area contributed by atoms with Crippen molar-refractivity contribution in [2.75, 3.05) is 19.6 Å². The van der Waals surface area contributed by atoms with Crippen LogP contribution >= 0.6 is 23.8 Å². The van der Waals surface area contributed by atoms with Crippen LogP contribution in [0, 0.1) is 4.77 Å². The van der Waals surface area contributed by atoms with Crippen molar-refractivity contribution in [3.63, 3.8) is 0 Å². The third-order valence-corrected chi connectivity index (χ3v) is 3.93. The van der Waals surface area contributed by atoms with Gasteiger partial charge in [0.2, 0.25) is 0 Å². The minimum Gasteiger partial charge on any atom is -0.329 e. The summed E-state index contributed by atoms with van der Waals surface area (Å²) in [4.78, 5) is 5.56. The van der Waals surface area contributed by atoms with Gasteiger partial charge in [0.05, 0.1) is 16.1 Å². The summed E-state index contributed by atoms with van der Waals surface area (Å²) in [6.45, 7) is 8.37. The molecule has 0 aliphatic rings. The van der Waals surface area contributed by atoms with Crippen molar-refractivity contribution >= 4 is 34.9 Å². The Morgan fingerprint density at radius 1 is 1.33 bits per heavy atom. The zero-order valence-electron chi connectivity index (χ0n) is 10.7. The van der Waals surface area contributed by atoms with Crippen LogP contribution in [0.4, 0.5) is 0 Å². The van der Waals surface area contributed by atoms with Crippen molar-refractivity contribution in [2.24, 2.45) is 0 Å². The highest BCUT2D eigenvalue weighted by Crippen LogP contribution is 2.22. The van der Waals surface area contributed by atoms with Gasteiger partial charge in [-0.05, 0) is 37.4 Å². The molecule has 0 spiro atoms. The molecule has 98 valence electrons. The molecule has 0 radical (unpaired) electrons. The summed E-state index contributed by atoms with van der Waals surface area (Å²) in [6.07, 6.45) is 0. The summed E-state index contributed by atoms with van der Waals surface area (Å²) in [6, 6.07) is 5.89. The molecule has 0 amide bonds. The van der Waals surface area contributed by atoms with E-state index in [0.717, 1.165) is 47.0 Å². The van der Waals surface area contributed by atoms with Crippen LogP contribution in [0.3, 0.4) is 0 Å². The highest BCUT2D eigenvalue weighted by Gasteiger charge is 2.08. The molecule has 3 nitrogen and oxygen atoms in total. The average Bonchev–Trinajstić information content (AvgIpc) is 2.69. The Kier molecular flexibility index (Phi) is 4.43. The third-order valence-electron chi connectivity index (χ3n) is 3.29. The smallest absolute Gasteiger partial charge is 0.178 e. The number of aromatic nitrogens is 2. The minimum atomic E-state index is 0.722. The molecule has 0 atom stereocenters. The topological polar surface area (TPSA) is 24.0 Å². The number of imidazole rings is 1. The maximum Gasteiger partial charge on any atom is 0.178 e. The number of aromatic amines is 1. The second-order valence-corrected chi connectivity index (χ2v) is 5.04. The summed E-state index contributed by atoms with van der Waals surface area (Å²) in [5.41, 5.74) is 2.02. The van der Waals surface area contributed by atoms with E-state index >= 15 is 0 Å². The van der Waals surface area contributed by atoms with Crippen LogP contribution in [0.2, 0.25) is 5.02 Å². The highest BCUT2D eigenvalue weighted by molar-refractivity contribution is 7.71. The first kappa shape index (κ1) is 13.6. The van der Waals surface area contributed by atoms with Gasteiger partial charge in [-0.2, -0.15) is 0 Å². The number of rotatable bonds is 5. The zero-order valence-corrected chi connectivity index (χ0v) is 12.3. The molecule has 1 heterocycles. The normalized spacial score (nSPS) is 11.6. The Morgan fingerprint density at radius 2 is 2.06 bits per heavy atom. The van der Waals surface area contributed by atoms with Gasteiger partial charge in [0.25, 0.3) is 0 Å². The predicted octanol–water partition coefficient (Wildman–Crippen LogP) is 3.69. The fourth-order valence-electron chi connectivity index (χ4n) is 2.15. The van der Waals surface area contributed by atoms with E-state index < -0.39 is 0 Å². The first-order valence-corrected chi connectivity index (χ1v) is 7.05. The van der Waals surface area contributed by atoms with Crippen LogP contribution in [0.1, 0.15) is 13.8 Å². The second-order valence-electron chi connectivity index (χ2n) is 4.24. The summed E-state index contributed by atoms with van der Waals surface area (Å²) < 4.78 is 2.86. The van der Waals surface area contributed by atoms with Crippen molar-refractivity contribution in [2.45, 2.75) is 20.4 Å². The van der Waals surface area contributed by atoms with E-state index in [9.17, 15) is 0 Å². The molecule has 0 fully saturated rings. The standard InChI is InChI=1S/C13H18ClN3S/c1-3-16(4-2)8-9-17-11-7-5-6-10(14)12(11)15-13(17)18/h5-7H,3-4,8-9H2,1-2H3,(H,15,18). The number of hydrogen-bond acceptors (Lipinski definition) is 2. The third kappa shape index (κ3) is 2.60. The van der Waals surface area contributed by atoms with Gasteiger partial charge in [-0.15, -0.1) is 0 Å². The fraction of sp³-hybridized carbons (Fsp3) is 0.462. The van der Waals surface area contributed by atoms with E-state index in [1.165, 1.54) is 0 Å².